The fourth-order valence-electron chi connectivity index (χ4n) is 2.25. The van der Waals surface area contributed by atoms with Crippen LogP contribution in [-0.4, -0.2) is 24.2 Å². The van der Waals surface area contributed by atoms with Gasteiger partial charge in [-0.05, 0) is 31.4 Å². The van der Waals surface area contributed by atoms with E-state index in [0.717, 1.165) is 29.9 Å². The molecule has 124 valence electrons. The van der Waals surface area contributed by atoms with Gasteiger partial charge in [0.05, 0.1) is 6.61 Å². The van der Waals surface area contributed by atoms with Crippen molar-refractivity contribution in [2.75, 3.05) is 13.2 Å². The predicted octanol–water partition coefficient (Wildman–Crippen LogP) is 3.56. The van der Waals surface area contributed by atoms with Crippen molar-refractivity contribution in [3.63, 3.8) is 0 Å². The highest BCUT2D eigenvalue weighted by molar-refractivity contribution is 5.92. The molecule has 1 heterocycles. The first-order valence-electron chi connectivity index (χ1n) is 8.07. The van der Waals surface area contributed by atoms with E-state index < -0.39 is 0 Å². The summed E-state index contributed by atoms with van der Waals surface area (Å²) in [6.45, 7) is 7.21. The summed E-state index contributed by atoms with van der Waals surface area (Å²) in [6.07, 6.45) is 1.69. The Bertz CT molecular complexity index is 635. The number of benzene rings is 1. The standard InChI is InChI=1S/C18H24N2O3/c1-4-22-16-10-6-5-8-14(16)9-7-11-19-18(21)15-12-17(13(2)3)23-20-15/h5-6,8,10,12-13H,4,7,9,11H2,1-3H3,(H,19,21). The zero-order valence-corrected chi connectivity index (χ0v) is 14.0. The molecule has 0 bridgehead atoms. The molecule has 0 atom stereocenters. The molecule has 0 fully saturated rings. The van der Waals surface area contributed by atoms with Gasteiger partial charge in [0.1, 0.15) is 11.5 Å². The molecule has 0 aliphatic heterocycles. The molecule has 0 unspecified atom stereocenters. The van der Waals surface area contributed by atoms with E-state index in [1.54, 1.807) is 6.07 Å². The Labute approximate surface area is 137 Å². The number of para-hydroxylation sites is 1. The number of nitrogens with one attached hydrogen (secondary N) is 1. The Morgan fingerprint density at radius 3 is 2.83 bits per heavy atom. The van der Waals surface area contributed by atoms with Crippen LogP contribution in [0.1, 0.15) is 54.9 Å². The zero-order valence-electron chi connectivity index (χ0n) is 14.0. The van der Waals surface area contributed by atoms with Gasteiger partial charge < -0.3 is 14.6 Å². The molecule has 1 aromatic heterocycles. The van der Waals surface area contributed by atoms with Crippen LogP contribution < -0.4 is 10.1 Å². The van der Waals surface area contributed by atoms with E-state index >= 15 is 0 Å². The molecule has 0 aliphatic carbocycles. The summed E-state index contributed by atoms with van der Waals surface area (Å²) >= 11 is 0. The summed E-state index contributed by atoms with van der Waals surface area (Å²) < 4.78 is 10.7. The Hall–Kier alpha value is -2.30. The number of hydrogen-bond acceptors (Lipinski definition) is 4. The molecule has 0 aliphatic rings. The van der Waals surface area contributed by atoms with Crippen molar-refractivity contribution in [3.05, 3.63) is 47.3 Å². The average molecular weight is 316 g/mol. The Balaban J connectivity index is 1.80. The van der Waals surface area contributed by atoms with E-state index in [4.69, 9.17) is 9.26 Å². The van der Waals surface area contributed by atoms with E-state index in [1.807, 2.05) is 39.0 Å². The van der Waals surface area contributed by atoms with Crippen molar-refractivity contribution in [1.29, 1.82) is 0 Å². The van der Waals surface area contributed by atoms with E-state index in [9.17, 15) is 4.79 Å². The average Bonchev–Trinajstić information content (AvgIpc) is 3.03. The summed E-state index contributed by atoms with van der Waals surface area (Å²) in [5.74, 6) is 1.66. The highest BCUT2D eigenvalue weighted by atomic mass is 16.5. The molecule has 2 rings (SSSR count). The molecule has 1 aromatic carbocycles. The number of aromatic nitrogens is 1. The van der Waals surface area contributed by atoms with Gasteiger partial charge in [0.25, 0.3) is 5.91 Å². The van der Waals surface area contributed by atoms with Gasteiger partial charge in [0, 0.05) is 18.5 Å². The minimum absolute atomic E-state index is 0.196. The Morgan fingerprint density at radius 2 is 2.13 bits per heavy atom. The number of carbonyl (C=O) groups excluding carboxylic acids is 1. The summed E-state index contributed by atoms with van der Waals surface area (Å²) in [5, 5.41) is 6.68. The first-order valence-corrected chi connectivity index (χ1v) is 8.07. The first-order chi connectivity index (χ1) is 11.1. The highest BCUT2D eigenvalue weighted by Crippen LogP contribution is 2.19. The second kappa shape index (κ2) is 8.36. The SMILES string of the molecule is CCOc1ccccc1CCCNC(=O)c1cc(C(C)C)on1. The largest absolute Gasteiger partial charge is 0.494 e. The number of hydrogen-bond donors (Lipinski definition) is 1. The van der Waals surface area contributed by atoms with Crippen LogP contribution in [0, 0.1) is 0 Å². The Kier molecular flexibility index (Phi) is 6.20. The predicted molar refractivity (Wildman–Crippen MR) is 88.9 cm³/mol. The third kappa shape index (κ3) is 4.84. The molecule has 0 spiro atoms. The van der Waals surface area contributed by atoms with E-state index in [0.29, 0.717) is 18.8 Å². The van der Waals surface area contributed by atoms with Gasteiger partial charge in [0.2, 0.25) is 0 Å². The summed E-state index contributed by atoms with van der Waals surface area (Å²) in [5.41, 5.74) is 1.50. The number of rotatable bonds is 8. The van der Waals surface area contributed by atoms with Crippen LogP contribution in [0.15, 0.2) is 34.9 Å². The third-order valence-electron chi connectivity index (χ3n) is 3.51. The number of ether oxygens (including phenoxy) is 1. The van der Waals surface area contributed by atoms with Crippen LogP contribution in [-0.2, 0) is 6.42 Å². The lowest BCUT2D eigenvalue weighted by Gasteiger charge is -2.09. The number of amides is 1. The fraction of sp³-hybridized carbons (Fsp3) is 0.444. The second-order valence-electron chi connectivity index (χ2n) is 5.67. The molecule has 0 radical (unpaired) electrons. The van der Waals surface area contributed by atoms with E-state index in [2.05, 4.69) is 16.5 Å². The quantitative estimate of drug-likeness (QED) is 0.756. The van der Waals surface area contributed by atoms with Crippen molar-refractivity contribution in [2.24, 2.45) is 0 Å². The van der Waals surface area contributed by atoms with Crippen LogP contribution in [0.3, 0.4) is 0 Å². The monoisotopic (exact) mass is 316 g/mol. The highest BCUT2D eigenvalue weighted by Gasteiger charge is 2.13. The summed E-state index contributed by atoms with van der Waals surface area (Å²) in [4.78, 5) is 12.0. The normalized spacial score (nSPS) is 10.8. The molecule has 5 heteroatoms. The van der Waals surface area contributed by atoms with Gasteiger partial charge in [0.15, 0.2) is 5.69 Å². The molecular formula is C18H24N2O3. The third-order valence-corrected chi connectivity index (χ3v) is 3.51. The molecule has 23 heavy (non-hydrogen) atoms. The minimum Gasteiger partial charge on any atom is -0.494 e. The van der Waals surface area contributed by atoms with Crippen LogP contribution in [0.4, 0.5) is 0 Å². The summed E-state index contributed by atoms with van der Waals surface area (Å²) in [6, 6.07) is 9.69. The van der Waals surface area contributed by atoms with Crippen LogP contribution >= 0.6 is 0 Å². The molecule has 2 aromatic rings. The molecular weight excluding hydrogens is 292 g/mol. The van der Waals surface area contributed by atoms with E-state index in [1.165, 1.54) is 0 Å². The minimum atomic E-state index is -0.196. The number of aryl methyl sites for hydroxylation is 1. The fourth-order valence-corrected chi connectivity index (χ4v) is 2.25. The maximum atomic E-state index is 12.0. The van der Waals surface area contributed by atoms with Crippen molar-refractivity contribution >= 4 is 5.91 Å². The zero-order chi connectivity index (χ0) is 16.7. The maximum Gasteiger partial charge on any atom is 0.273 e. The second-order valence-corrected chi connectivity index (χ2v) is 5.67. The summed E-state index contributed by atoms with van der Waals surface area (Å²) in [7, 11) is 0. The molecule has 5 nitrogen and oxygen atoms in total. The van der Waals surface area contributed by atoms with Crippen LogP contribution in [0.5, 0.6) is 5.75 Å². The van der Waals surface area contributed by atoms with Crippen molar-refractivity contribution in [3.8, 4) is 5.75 Å². The van der Waals surface area contributed by atoms with E-state index in [-0.39, 0.29) is 11.8 Å². The van der Waals surface area contributed by atoms with Crippen LogP contribution in [0.25, 0.3) is 0 Å². The Morgan fingerprint density at radius 1 is 1.35 bits per heavy atom. The van der Waals surface area contributed by atoms with Crippen LogP contribution in [0.2, 0.25) is 0 Å². The van der Waals surface area contributed by atoms with Crippen molar-refractivity contribution in [2.45, 2.75) is 39.5 Å². The van der Waals surface area contributed by atoms with Crippen molar-refractivity contribution in [1.82, 2.24) is 10.5 Å². The molecule has 0 saturated carbocycles. The van der Waals surface area contributed by atoms with Crippen molar-refractivity contribution < 1.29 is 14.1 Å². The lowest BCUT2D eigenvalue weighted by atomic mass is 10.1. The first kappa shape index (κ1) is 17.1. The lowest BCUT2D eigenvalue weighted by Crippen LogP contribution is -2.25. The molecule has 1 amide bonds. The van der Waals surface area contributed by atoms with Gasteiger partial charge in [-0.2, -0.15) is 0 Å². The molecule has 0 saturated heterocycles. The smallest absolute Gasteiger partial charge is 0.273 e. The van der Waals surface area contributed by atoms with Gasteiger partial charge in [-0.25, -0.2) is 0 Å². The maximum absolute atomic E-state index is 12.0. The molecule has 1 N–H and O–H groups in total. The van der Waals surface area contributed by atoms with Gasteiger partial charge in [-0.1, -0.05) is 37.2 Å². The number of nitrogens with zero attached hydrogens (tertiary/aromatic N) is 1. The lowest BCUT2D eigenvalue weighted by molar-refractivity contribution is 0.0944. The number of carbonyl (C=O) groups is 1. The topological polar surface area (TPSA) is 64.4 Å². The van der Waals surface area contributed by atoms with Gasteiger partial charge >= 0.3 is 0 Å². The van der Waals surface area contributed by atoms with Gasteiger partial charge in [-0.15, -0.1) is 0 Å². The van der Waals surface area contributed by atoms with Gasteiger partial charge in [-0.3, -0.25) is 4.79 Å².